The fraction of sp³-hybridized carbons (Fsp3) is 0.280. The molecule has 0 radical (unpaired) electrons. The number of halogens is 4. The molecule has 3 aromatic rings. The van der Waals surface area contributed by atoms with Crippen molar-refractivity contribution >= 4 is 35.2 Å². The first-order valence-electron chi connectivity index (χ1n) is 11.3. The van der Waals surface area contributed by atoms with Crippen LogP contribution in [0.4, 0.5) is 14.6 Å². The summed E-state index contributed by atoms with van der Waals surface area (Å²) >= 11 is 12.3. The molecule has 0 amide bonds. The van der Waals surface area contributed by atoms with Crippen LogP contribution in [0.2, 0.25) is 10.0 Å². The van der Waals surface area contributed by atoms with Gasteiger partial charge in [0.1, 0.15) is 34.8 Å². The van der Waals surface area contributed by atoms with Crippen LogP contribution in [0, 0.1) is 17.6 Å². The van der Waals surface area contributed by atoms with Crippen LogP contribution >= 0.6 is 23.2 Å². The number of nitrogen functional groups attached to an aromatic ring is 1. The molecule has 1 aliphatic rings. The van der Waals surface area contributed by atoms with Crippen molar-refractivity contribution in [2.24, 2.45) is 10.9 Å². The Morgan fingerprint density at radius 3 is 2.86 bits per heavy atom. The Balaban J connectivity index is 1.59. The predicted molar refractivity (Wildman–Crippen MR) is 138 cm³/mol. The van der Waals surface area contributed by atoms with Crippen LogP contribution in [-0.4, -0.2) is 28.9 Å². The lowest BCUT2D eigenvalue weighted by atomic mass is 9.99. The topological polar surface area (TPSA) is 80.3 Å². The number of hydrogen-bond donors (Lipinski definition) is 3. The van der Waals surface area contributed by atoms with E-state index in [-0.39, 0.29) is 28.8 Å². The molecule has 35 heavy (non-hydrogen) atoms. The minimum Gasteiger partial charge on any atom is -0.383 e. The fourth-order valence-corrected chi connectivity index (χ4v) is 4.51. The Hall–Kier alpha value is -2.94. The van der Waals surface area contributed by atoms with Crippen molar-refractivity contribution in [2.45, 2.75) is 25.9 Å². The summed E-state index contributed by atoms with van der Waals surface area (Å²) < 4.78 is 30.5. The molecule has 1 fully saturated rings. The van der Waals surface area contributed by atoms with Crippen LogP contribution in [-0.2, 0) is 13.1 Å². The first-order valence-corrected chi connectivity index (χ1v) is 12.0. The highest BCUT2D eigenvalue weighted by Gasteiger charge is 2.23. The molecule has 0 aliphatic carbocycles. The van der Waals surface area contributed by atoms with Crippen molar-refractivity contribution in [3.63, 3.8) is 0 Å². The maximum atomic E-state index is 14.8. The standard InChI is InChI=1S/C25H26Cl2F2N6/c1-15(32-12-17-10-18(26)7-8-20(17)28)33-13-22-24(30)35(14-16-4-3-9-31-11-16)25(34-22)23-19(27)5-2-6-21(23)29/h2,5-8,10,13,16,31-32H,1,3-4,9,11-12,14,30H2/b33-13-/t16-/m1/s1. The van der Waals surface area contributed by atoms with Gasteiger partial charge in [-0.25, -0.2) is 18.8 Å². The fourth-order valence-electron chi connectivity index (χ4n) is 4.06. The summed E-state index contributed by atoms with van der Waals surface area (Å²) in [6.07, 6.45) is 3.54. The van der Waals surface area contributed by atoms with Crippen molar-refractivity contribution in [2.75, 3.05) is 18.8 Å². The summed E-state index contributed by atoms with van der Waals surface area (Å²) in [7, 11) is 0. The van der Waals surface area contributed by atoms with E-state index in [0.29, 0.717) is 40.4 Å². The molecular formula is C25H26Cl2F2N6. The van der Waals surface area contributed by atoms with Gasteiger partial charge in [0.25, 0.3) is 0 Å². The maximum absolute atomic E-state index is 14.8. The molecule has 0 spiro atoms. The first-order chi connectivity index (χ1) is 16.8. The van der Waals surface area contributed by atoms with Gasteiger partial charge < -0.3 is 20.9 Å². The Morgan fingerprint density at radius 2 is 2.11 bits per heavy atom. The van der Waals surface area contributed by atoms with E-state index in [2.05, 4.69) is 27.2 Å². The van der Waals surface area contributed by atoms with E-state index in [1.807, 2.05) is 0 Å². The molecule has 184 valence electrons. The Kier molecular flexibility index (Phi) is 8.05. The molecule has 1 saturated heterocycles. The van der Waals surface area contributed by atoms with Crippen LogP contribution in [0.25, 0.3) is 11.4 Å². The van der Waals surface area contributed by atoms with Crippen LogP contribution in [0.15, 0.2) is 53.8 Å². The molecule has 0 saturated carbocycles. The van der Waals surface area contributed by atoms with Gasteiger partial charge in [0, 0.05) is 23.7 Å². The Bertz CT molecular complexity index is 1230. The van der Waals surface area contributed by atoms with Gasteiger partial charge in [-0.05, 0) is 62.2 Å². The zero-order valence-corrected chi connectivity index (χ0v) is 20.5. The second-order valence-corrected chi connectivity index (χ2v) is 9.26. The number of piperidine rings is 1. The van der Waals surface area contributed by atoms with Crippen molar-refractivity contribution < 1.29 is 8.78 Å². The number of benzene rings is 2. The number of nitrogens with two attached hydrogens (primary N) is 1. The highest BCUT2D eigenvalue weighted by Crippen LogP contribution is 2.33. The molecule has 1 aliphatic heterocycles. The summed E-state index contributed by atoms with van der Waals surface area (Å²) in [5.41, 5.74) is 7.39. The number of nitrogens with one attached hydrogen (secondary N) is 2. The van der Waals surface area contributed by atoms with E-state index in [1.165, 1.54) is 30.5 Å². The molecule has 0 bridgehead atoms. The van der Waals surface area contributed by atoms with Gasteiger partial charge in [-0.1, -0.05) is 35.8 Å². The lowest BCUT2D eigenvalue weighted by molar-refractivity contribution is 0.339. The molecule has 4 rings (SSSR count). The summed E-state index contributed by atoms with van der Waals surface area (Å²) in [5, 5.41) is 7.00. The molecule has 2 aromatic carbocycles. The monoisotopic (exact) mass is 518 g/mol. The lowest BCUT2D eigenvalue weighted by Crippen LogP contribution is -2.32. The van der Waals surface area contributed by atoms with E-state index in [4.69, 9.17) is 28.9 Å². The average molecular weight is 519 g/mol. The highest BCUT2D eigenvalue weighted by atomic mass is 35.5. The number of rotatable bonds is 8. The van der Waals surface area contributed by atoms with Crippen LogP contribution in [0.3, 0.4) is 0 Å². The first kappa shape index (κ1) is 25.2. The summed E-state index contributed by atoms with van der Waals surface area (Å²) in [5.74, 6) is 0.423. The van der Waals surface area contributed by atoms with Crippen molar-refractivity contribution in [1.82, 2.24) is 20.2 Å². The van der Waals surface area contributed by atoms with Gasteiger partial charge in [-0.2, -0.15) is 0 Å². The molecule has 10 heteroatoms. The van der Waals surface area contributed by atoms with Crippen LogP contribution in [0.5, 0.6) is 0 Å². The second kappa shape index (κ2) is 11.2. The largest absolute Gasteiger partial charge is 0.383 e. The smallest absolute Gasteiger partial charge is 0.146 e. The molecule has 0 unspecified atom stereocenters. The molecular weight excluding hydrogens is 493 g/mol. The second-order valence-electron chi connectivity index (χ2n) is 8.42. The predicted octanol–water partition coefficient (Wildman–Crippen LogP) is 5.40. The molecule has 4 N–H and O–H groups in total. The highest BCUT2D eigenvalue weighted by molar-refractivity contribution is 6.33. The van der Waals surface area contributed by atoms with Crippen LogP contribution in [0.1, 0.15) is 24.1 Å². The Labute approximate surface area is 212 Å². The third-order valence-electron chi connectivity index (χ3n) is 5.89. The molecule has 6 nitrogen and oxygen atoms in total. The number of nitrogens with zero attached hydrogens (tertiary/aromatic N) is 3. The summed E-state index contributed by atoms with van der Waals surface area (Å²) in [6, 6.07) is 8.82. The van der Waals surface area contributed by atoms with Crippen molar-refractivity contribution in [3.05, 3.63) is 81.7 Å². The third kappa shape index (κ3) is 6.01. The van der Waals surface area contributed by atoms with E-state index < -0.39 is 5.82 Å². The zero-order valence-electron chi connectivity index (χ0n) is 19.0. The van der Waals surface area contributed by atoms with E-state index in [9.17, 15) is 8.78 Å². The van der Waals surface area contributed by atoms with E-state index >= 15 is 0 Å². The van der Waals surface area contributed by atoms with Crippen molar-refractivity contribution in [3.8, 4) is 11.4 Å². The lowest BCUT2D eigenvalue weighted by Gasteiger charge is -2.24. The number of anilines is 1. The van der Waals surface area contributed by atoms with Gasteiger partial charge in [0.2, 0.25) is 0 Å². The third-order valence-corrected chi connectivity index (χ3v) is 6.44. The van der Waals surface area contributed by atoms with Gasteiger partial charge in [-0.3, -0.25) is 0 Å². The minimum atomic E-state index is -0.483. The Morgan fingerprint density at radius 1 is 1.29 bits per heavy atom. The number of hydrogen-bond acceptors (Lipinski definition) is 5. The zero-order chi connectivity index (χ0) is 24.9. The maximum Gasteiger partial charge on any atom is 0.146 e. The summed E-state index contributed by atoms with van der Waals surface area (Å²) in [6.45, 7) is 6.38. The molecule has 2 heterocycles. The average Bonchev–Trinajstić information content (AvgIpc) is 3.13. The van der Waals surface area contributed by atoms with Gasteiger partial charge in [0.05, 0.1) is 16.8 Å². The molecule has 1 atom stereocenters. The molecule has 1 aromatic heterocycles. The van der Waals surface area contributed by atoms with E-state index in [1.54, 1.807) is 16.7 Å². The van der Waals surface area contributed by atoms with Crippen LogP contribution < -0.4 is 16.4 Å². The number of aromatic nitrogens is 2. The van der Waals surface area contributed by atoms with Gasteiger partial charge >= 0.3 is 0 Å². The SMILES string of the molecule is C=C(/N=C\c1nc(-c2c(F)cccc2Cl)n(C[C@@H]2CCCNC2)c1N)NCc1cc(Cl)ccc1F. The van der Waals surface area contributed by atoms with Gasteiger partial charge in [0.15, 0.2) is 0 Å². The quantitative estimate of drug-likeness (QED) is 0.349. The summed E-state index contributed by atoms with van der Waals surface area (Å²) in [4.78, 5) is 8.86. The number of imidazole rings is 1. The van der Waals surface area contributed by atoms with Gasteiger partial charge in [-0.15, -0.1) is 0 Å². The minimum absolute atomic E-state index is 0.150. The number of aliphatic imine (C=N–C) groups is 1. The van der Waals surface area contributed by atoms with E-state index in [0.717, 1.165) is 25.9 Å². The van der Waals surface area contributed by atoms with Crippen molar-refractivity contribution in [1.29, 1.82) is 0 Å². The normalized spacial score (nSPS) is 16.1.